The van der Waals surface area contributed by atoms with Gasteiger partial charge in [0.05, 0.1) is 16.7 Å². The Kier molecular flexibility index (Phi) is 2.06. The number of fused-ring (bicyclic) bond motifs is 1. The zero-order chi connectivity index (χ0) is 12.1. The average molecular weight is 258 g/mol. The van der Waals surface area contributed by atoms with Crippen LogP contribution in [0.5, 0.6) is 0 Å². The maximum atomic E-state index is 6.32. The van der Waals surface area contributed by atoms with Crippen LogP contribution in [0.3, 0.4) is 0 Å². The van der Waals surface area contributed by atoms with Crippen molar-refractivity contribution in [2.45, 2.75) is 18.8 Å². The largest absolute Gasteiger partial charge is 0.359 e. The molecule has 0 amide bonds. The summed E-state index contributed by atoms with van der Waals surface area (Å²) in [6.45, 7) is 0. The first-order chi connectivity index (χ1) is 8.83. The first-order valence-electron chi connectivity index (χ1n) is 6.13. The Labute approximate surface area is 109 Å². The molecule has 0 spiro atoms. The van der Waals surface area contributed by atoms with E-state index < -0.39 is 0 Å². The van der Waals surface area contributed by atoms with Crippen LogP contribution in [0.4, 0.5) is 0 Å². The molecule has 4 rings (SSSR count). The third kappa shape index (κ3) is 1.47. The Bertz CT molecular complexity index is 722. The van der Waals surface area contributed by atoms with Gasteiger partial charge in [0.15, 0.2) is 0 Å². The molecule has 4 heteroatoms. The molecule has 0 radical (unpaired) electrons. The third-order valence-corrected chi connectivity index (χ3v) is 3.84. The Hall–Kier alpha value is -1.74. The number of nitrogens with zero attached hydrogens (tertiary/aromatic N) is 2. The smallest absolute Gasteiger partial charge is 0.107 e. The molecule has 1 fully saturated rings. The van der Waals surface area contributed by atoms with E-state index in [1.807, 2.05) is 35.3 Å². The van der Waals surface area contributed by atoms with Gasteiger partial charge in [0, 0.05) is 17.8 Å². The molecule has 0 aliphatic heterocycles. The quantitative estimate of drug-likeness (QED) is 0.743. The van der Waals surface area contributed by atoms with Gasteiger partial charge in [-0.25, -0.2) is 4.68 Å². The van der Waals surface area contributed by atoms with E-state index >= 15 is 0 Å². The second kappa shape index (κ2) is 3.62. The summed E-state index contributed by atoms with van der Waals surface area (Å²) in [4.78, 5) is 3.24. The zero-order valence-electron chi connectivity index (χ0n) is 9.73. The van der Waals surface area contributed by atoms with Crippen molar-refractivity contribution >= 4 is 22.5 Å². The highest BCUT2D eigenvalue weighted by molar-refractivity contribution is 6.33. The number of aromatic nitrogens is 3. The van der Waals surface area contributed by atoms with Gasteiger partial charge in [0.2, 0.25) is 0 Å². The molecule has 2 heterocycles. The van der Waals surface area contributed by atoms with Gasteiger partial charge in [0.25, 0.3) is 0 Å². The highest BCUT2D eigenvalue weighted by Gasteiger charge is 2.25. The first kappa shape index (κ1) is 10.2. The fourth-order valence-electron chi connectivity index (χ4n) is 2.40. The summed E-state index contributed by atoms with van der Waals surface area (Å²) in [6, 6.07) is 5.98. The number of rotatable bonds is 2. The molecule has 0 atom stereocenters. The predicted octanol–water partition coefficient (Wildman–Crippen LogP) is 3.88. The molecule has 2 aromatic heterocycles. The van der Waals surface area contributed by atoms with Crippen molar-refractivity contribution in [3.63, 3.8) is 0 Å². The minimum absolute atomic E-state index is 0.709. The molecule has 0 saturated heterocycles. The summed E-state index contributed by atoms with van der Waals surface area (Å²) in [5.74, 6) is 0.709. The first-order valence-corrected chi connectivity index (χ1v) is 6.51. The molecule has 1 N–H and O–H groups in total. The lowest BCUT2D eigenvalue weighted by atomic mass is 10.2. The van der Waals surface area contributed by atoms with Gasteiger partial charge in [-0.05, 0) is 36.5 Å². The lowest BCUT2D eigenvalue weighted by Gasteiger charge is -2.06. The lowest BCUT2D eigenvalue weighted by Crippen LogP contribution is -1.96. The van der Waals surface area contributed by atoms with E-state index in [9.17, 15) is 0 Å². The molecule has 0 bridgehead atoms. The molecule has 90 valence electrons. The van der Waals surface area contributed by atoms with Gasteiger partial charge < -0.3 is 4.98 Å². The summed E-state index contributed by atoms with van der Waals surface area (Å²) in [6.07, 6.45) is 8.54. The monoisotopic (exact) mass is 257 g/mol. The van der Waals surface area contributed by atoms with Crippen molar-refractivity contribution in [2.24, 2.45) is 0 Å². The van der Waals surface area contributed by atoms with Crippen molar-refractivity contribution in [1.29, 1.82) is 0 Å². The molecule has 18 heavy (non-hydrogen) atoms. The number of aromatic amines is 1. The van der Waals surface area contributed by atoms with Crippen molar-refractivity contribution in [1.82, 2.24) is 14.8 Å². The van der Waals surface area contributed by atoms with Gasteiger partial charge >= 0.3 is 0 Å². The van der Waals surface area contributed by atoms with Crippen molar-refractivity contribution in [3.05, 3.63) is 47.4 Å². The molecule has 3 nitrogen and oxygen atoms in total. The van der Waals surface area contributed by atoms with E-state index in [0.717, 1.165) is 21.6 Å². The molecule has 1 aliphatic rings. The minimum atomic E-state index is 0.709. The molecule has 1 aromatic carbocycles. The predicted molar refractivity (Wildman–Crippen MR) is 72.4 cm³/mol. The maximum Gasteiger partial charge on any atom is 0.107 e. The Morgan fingerprint density at radius 1 is 1.28 bits per heavy atom. The second-order valence-corrected chi connectivity index (χ2v) is 5.24. The lowest BCUT2D eigenvalue weighted by molar-refractivity contribution is 0.885. The molecular weight excluding hydrogens is 246 g/mol. The van der Waals surface area contributed by atoms with Crippen LogP contribution in [0.15, 0.2) is 36.8 Å². The topological polar surface area (TPSA) is 33.6 Å². The normalized spacial score (nSPS) is 15.4. The maximum absolute atomic E-state index is 6.32. The van der Waals surface area contributed by atoms with Crippen LogP contribution in [0.1, 0.15) is 24.3 Å². The number of hydrogen-bond acceptors (Lipinski definition) is 1. The van der Waals surface area contributed by atoms with E-state index in [0.29, 0.717) is 5.92 Å². The van der Waals surface area contributed by atoms with Gasteiger partial charge in [-0.15, -0.1) is 0 Å². The van der Waals surface area contributed by atoms with E-state index in [-0.39, 0.29) is 0 Å². The zero-order valence-corrected chi connectivity index (χ0v) is 10.5. The van der Waals surface area contributed by atoms with Gasteiger partial charge in [-0.2, -0.15) is 5.10 Å². The summed E-state index contributed by atoms with van der Waals surface area (Å²) >= 11 is 6.32. The minimum Gasteiger partial charge on any atom is -0.359 e. The molecule has 3 aromatic rings. The number of halogens is 1. The summed E-state index contributed by atoms with van der Waals surface area (Å²) < 4.78 is 1.88. The van der Waals surface area contributed by atoms with Crippen LogP contribution >= 0.6 is 11.6 Å². The highest BCUT2D eigenvalue weighted by Crippen LogP contribution is 2.40. The Morgan fingerprint density at radius 3 is 3.00 bits per heavy atom. The number of benzene rings is 1. The van der Waals surface area contributed by atoms with Crippen molar-refractivity contribution in [2.75, 3.05) is 0 Å². The fraction of sp³-hybridized carbons (Fsp3) is 0.214. The van der Waals surface area contributed by atoms with Crippen LogP contribution < -0.4 is 0 Å². The van der Waals surface area contributed by atoms with E-state index in [1.165, 1.54) is 18.4 Å². The van der Waals surface area contributed by atoms with Crippen LogP contribution in [-0.4, -0.2) is 14.8 Å². The van der Waals surface area contributed by atoms with Crippen LogP contribution in [0.2, 0.25) is 5.02 Å². The molecular formula is C14H12ClN3. The van der Waals surface area contributed by atoms with Crippen LogP contribution in [0, 0.1) is 0 Å². The third-order valence-electron chi connectivity index (χ3n) is 3.53. The number of H-pyrrole nitrogens is 1. The van der Waals surface area contributed by atoms with E-state index in [1.54, 1.807) is 0 Å². The molecule has 1 saturated carbocycles. The second-order valence-electron chi connectivity index (χ2n) is 4.83. The Balaban J connectivity index is 1.93. The van der Waals surface area contributed by atoms with E-state index in [2.05, 4.69) is 16.3 Å². The van der Waals surface area contributed by atoms with Crippen LogP contribution in [0.25, 0.3) is 16.6 Å². The molecule has 0 unspecified atom stereocenters. The average Bonchev–Trinajstić information content (AvgIpc) is 2.92. The van der Waals surface area contributed by atoms with E-state index in [4.69, 9.17) is 11.6 Å². The molecule has 1 aliphatic carbocycles. The van der Waals surface area contributed by atoms with Crippen LogP contribution in [-0.2, 0) is 0 Å². The van der Waals surface area contributed by atoms with Crippen molar-refractivity contribution in [3.8, 4) is 5.69 Å². The van der Waals surface area contributed by atoms with Gasteiger partial charge in [-0.1, -0.05) is 17.7 Å². The number of nitrogens with one attached hydrogen (secondary N) is 1. The summed E-state index contributed by atoms with van der Waals surface area (Å²) in [5.41, 5.74) is 3.29. The highest BCUT2D eigenvalue weighted by atomic mass is 35.5. The summed E-state index contributed by atoms with van der Waals surface area (Å²) in [5, 5.41) is 6.32. The van der Waals surface area contributed by atoms with Crippen molar-refractivity contribution < 1.29 is 0 Å². The standard InChI is InChI=1S/C14H12ClN3/c15-12-4-3-10-5-6-16-13(10)14(12)18-8-11(7-17-18)9-1-2-9/h3-9,16H,1-2H2. The van der Waals surface area contributed by atoms with Gasteiger partial charge in [-0.3, -0.25) is 0 Å². The fourth-order valence-corrected chi connectivity index (χ4v) is 2.64. The SMILES string of the molecule is Clc1ccc2cc[nH]c2c1-n1cc(C2CC2)cn1. The van der Waals surface area contributed by atoms with Gasteiger partial charge in [0.1, 0.15) is 5.69 Å². The number of hydrogen-bond donors (Lipinski definition) is 1. The Morgan fingerprint density at radius 2 is 2.17 bits per heavy atom. The summed E-state index contributed by atoms with van der Waals surface area (Å²) in [7, 11) is 0.